The van der Waals surface area contributed by atoms with Gasteiger partial charge in [-0.3, -0.25) is 14.9 Å². The van der Waals surface area contributed by atoms with Gasteiger partial charge < -0.3 is 9.64 Å². The van der Waals surface area contributed by atoms with Crippen molar-refractivity contribution in [3.05, 3.63) is 34.8 Å². The third kappa shape index (κ3) is 4.31. The lowest BCUT2D eigenvalue weighted by Gasteiger charge is -2.23. The maximum atomic E-state index is 12.5. The molecule has 0 bridgehead atoms. The Labute approximate surface area is 152 Å². The number of hydrogen-bond donors (Lipinski definition) is 1. The van der Waals surface area contributed by atoms with E-state index in [-0.39, 0.29) is 30.5 Å². The van der Waals surface area contributed by atoms with Crippen LogP contribution in [-0.2, 0) is 16.1 Å². The fourth-order valence-electron chi connectivity index (χ4n) is 2.71. The second kappa shape index (κ2) is 7.73. The third-order valence-electron chi connectivity index (χ3n) is 3.89. The Bertz CT molecular complexity index is 797. The molecule has 2 amide bonds. The van der Waals surface area contributed by atoms with Gasteiger partial charge in [0.05, 0.1) is 0 Å². The van der Waals surface area contributed by atoms with Crippen molar-refractivity contribution in [2.24, 2.45) is 0 Å². The van der Waals surface area contributed by atoms with Gasteiger partial charge in [0.25, 0.3) is 0 Å². The van der Waals surface area contributed by atoms with Crippen LogP contribution in [0.25, 0.3) is 0 Å². The topological polar surface area (TPSA) is 84.4 Å². The number of alkyl halides is 2. The van der Waals surface area contributed by atoms with Gasteiger partial charge in [0.2, 0.25) is 16.9 Å². The number of hydrogen-bond acceptors (Lipinski definition) is 6. The normalized spacial score (nSPS) is 17.0. The lowest BCUT2D eigenvalue weighted by Crippen LogP contribution is -2.41. The Morgan fingerprint density at radius 3 is 2.73 bits per heavy atom. The number of amides is 2. The quantitative estimate of drug-likeness (QED) is 0.830. The van der Waals surface area contributed by atoms with Gasteiger partial charge in [0, 0.05) is 13.0 Å². The largest absolute Gasteiger partial charge is 0.435 e. The Balaban J connectivity index is 1.66. The van der Waals surface area contributed by atoms with Crippen molar-refractivity contribution in [2.75, 3.05) is 5.32 Å². The van der Waals surface area contributed by atoms with Crippen LogP contribution in [0.3, 0.4) is 0 Å². The molecule has 0 radical (unpaired) electrons. The van der Waals surface area contributed by atoms with Crippen LogP contribution >= 0.6 is 11.3 Å². The number of rotatable bonds is 6. The van der Waals surface area contributed by atoms with Crippen LogP contribution in [-0.4, -0.2) is 39.6 Å². The van der Waals surface area contributed by atoms with Gasteiger partial charge in [-0.05, 0) is 31.0 Å². The molecule has 138 valence electrons. The molecule has 1 aliphatic heterocycles. The Morgan fingerprint density at radius 2 is 2.12 bits per heavy atom. The van der Waals surface area contributed by atoms with Crippen molar-refractivity contribution < 1.29 is 23.1 Å². The molecule has 2 aromatic rings. The van der Waals surface area contributed by atoms with Crippen LogP contribution in [0.2, 0.25) is 0 Å². The molecule has 1 N–H and O–H groups in total. The molecule has 3 rings (SSSR count). The van der Waals surface area contributed by atoms with Gasteiger partial charge in [0.15, 0.2) is 0 Å². The maximum Gasteiger partial charge on any atom is 0.387 e. The minimum absolute atomic E-state index is 0.0393. The summed E-state index contributed by atoms with van der Waals surface area (Å²) in [4.78, 5) is 26.1. The monoisotopic (exact) mass is 382 g/mol. The van der Waals surface area contributed by atoms with Crippen molar-refractivity contribution in [1.82, 2.24) is 15.1 Å². The first-order valence-corrected chi connectivity index (χ1v) is 8.68. The zero-order valence-corrected chi connectivity index (χ0v) is 14.6. The van der Waals surface area contributed by atoms with E-state index in [0.29, 0.717) is 17.1 Å². The van der Waals surface area contributed by atoms with Gasteiger partial charge in [0.1, 0.15) is 16.8 Å². The molecule has 1 aromatic carbocycles. The lowest BCUT2D eigenvalue weighted by molar-refractivity contribution is -0.133. The van der Waals surface area contributed by atoms with Crippen LogP contribution in [0.15, 0.2) is 24.3 Å². The fourth-order valence-corrected chi connectivity index (χ4v) is 3.31. The zero-order valence-electron chi connectivity index (χ0n) is 13.8. The van der Waals surface area contributed by atoms with Gasteiger partial charge >= 0.3 is 6.61 Å². The third-order valence-corrected chi connectivity index (χ3v) is 4.64. The molecule has 1 saturated heterocycles. The summed E-state index contributed by atoms with van der Waals surface area (Å²) in [5, 5.41) is 11.5. The number of benzene rings is 1. The number of carbonyl (C=O) groups excluding carboxylic acids is 2. The standard InChI is InChI=1S/C16H16F2N4O3S/c1-9-20-21-16(26-9)19-14(24)12-6-7-13(23)22(12)8-10-2-4-11(5-3-10)25-15(17)18/h2-5,12,15H,6-8H2,1H3,(H,19,21,24). The maximum absolute atomic E-state index is 12.5. The van der Waals surface area contributed by atoms with E-state index in [9.17, 15) is 18.4 Å². The van der Waals surface area contributed by atoms with Crippen LogP contribution in [0, 0.1) is 6.92 Å². The molecule has 26 heavy (non-hydrogen) atoms. The van der Waals surface area contributed by atoms with Gasteiger partial charge in [-0.2, -0.15) is 8.78 Å². The lowest BCUT2D eigenvalue weighted by atomic mass is 10.1. The summed E-state index contributed by atoms with van der Waals surface area (Å²) in [6.45, 7) is -0.903. The molecule has 2 heterocycles. The zero-order chi connectivity index (χ0) is 18.7. The minimum Gasteiger partial charge on any atom is -0.435 e. The van der Waals surface area contributed by atoms with Gasteiger partial charge in [-0.1, -0.05) is 23.5 Å². The number of aromatic nitrogens is 2. The predicted molar refractivity (Wildman–Crippen MR) is 89.9 cm³/mol. The molecule has 0 saturated carbocycles. The van der Waals surface area contributed by atoms with E-state index in [1.165, 1.54) is 28.4 Å². The summed E-state index contributed by atoms with van der Waals surface area (Å²) in [6, 6.07) is 5.38. The number of ether oxygens (including phenoxy) is 1. The van der Waals surface area contributed by atoms with E-state index in [1.807, 2.05) is 0 Å². The van der Waals surface area contributed by atoms with Crippen molar-refractivity contribution in [2.45, 2.75) is 39.0 Å². The highest BCUT2D eigenvalue weighted by molar-refractivity contribution is 7.15. The first kappa shape index (κ1) is 18.2. The summed E-state index contributed by atoms with van der Waals surface area (Å²) in [7, 11) is 0. The molecule has 0 spiro atoms. The van der Waals surface area contributed by atoms with Gasteiger partial charge in [-0.15, -0.1) is 10.2 Å². The highest BCUT2D eigenvalue weighted by Crippen LogP contribution is 2.24. The summed E-state index contributed by atoms with van der Waals surface area (Å²) in [6.07, 6.45) is 0.689. The van der Waals surface area contributed by atoms with E-state index in [1.54, 1.807) is 19.1 Å². The van der Waals surface area contributed by atoms with Crippen LogP contribution in [0.5, 0.6) is 5.75 Å². The fraction of sp³-hybridized carbons (Fsp3) is 0.375. The summed E-state index contributed by atoms with van der Waals surface area (Å²) in [5.41, 5.74) is 0.714. The molecule has 1 fully saturated rings. The molecular formula is C16H16F2N4O3S. The van der Waals surface area contributed by atoms with Gasteiger partial charge in [-0.25, -0.2) is 0 Å². The Morgan fingerprint density at radius 1 is 1.38 bits per heavy atom. The molecule has 1 aromatic heterocycles. The summed E-state index contributed by atoms with van der Waals surface area (Å²) in [5.74, 6) is -0.409. The highest BCUT2D eigenvalue weighted by atomic mass is 32.1. The van der Waals surface area contributed by atoms with E-state index >= 15 is 0 Å². The van der Waals surface area contributed by atoms with Crippen molar-refractivity contribution >= 4 is 28.3 Å². The van der Waals surface area contributed by atoms with E-state index in [4.69, 9.17) is 0 Å². The van der Waals surface area contributed by atoms with Crippen molar-refractivity contribution in [3.63, 3.8) is 0 Å². The average molecular weight is 382 g/mol. The highest BCUT2D eigenvalue weighted by Gasteiger charge is 2.36. The predicted octanol–water partition coefficient (Wildman–Crippen LogP) is 2.58. The smallest absolute Gasteiger partial charge is 0.387 e. The second-order valence-electron chi connectivity index (χ2n) is 5.71. The number of nitrogens with zero attached hydrogens (tertiary/aromatic N) is 3. The molecule has 10 heteroatoms. The van der Waals surface area contributed by atoms with Crippen LogP contribution in [0.4, 0.5) is 13.9 Å². The number of aryl methyl sites for hydroxylation is 1. The SMILES string of the molecule is Cc1nnc(NC(=O)C2CCC(=O)N2Cc2ccc(OC(F)F)cc2)s1. The molecule has 1 aliphatic rings. The summed E-state index contributed by atoms with van der Waals surface area (Å²) < 4.78 is 28.7. The number of halogens is 2. The molecule has 7 nitrogen and oxygen atoms in total. The van der Waals surface area contributed by atoms with E-state index in [0.717, 1.165) is 5.01 Å². The Hall–Kier alpha value is -2.62. The average Bonchev–Trinajstić information content (AvgIpc) is 3.15. The second-order valence-corrected chi connectivity index (χ2v) is 6.90. The van der Waals surface area contributed by atoms with Crippen LogP contribution < -0.4 is 10.1 Å². The Kier molecular flexibility index (Phi) is 5.40. The first-order valence-electron chi connectivity index (χ1n) is 7.86. The first-order chi connectivity index (χ1) is 12.4. The minimum atomic E-state index is -2.89. The number of carbonyl (C=O) groups is 2. The van der Waals surface area contributed by atoms with E-state index in [2.05, 4.69) is 20.3 Å². The number of nitrogens with one attached hydrogen (secondary N) is 1. The molecular weight excluding hydrogens is 366 g/mol. The summed E-state index contributed by atoms with van der Waals surface area (Å²) >= 11 is 1.25. The molecule has 0 aliphatic carbocycles. The number of likely N-dealkylation sites (tertiary alicyclic amines) is 1. The van der Waals surface area contributed by atoms with E-state index < -0.39 is 12.7 Å². The van der Waals surface area contributed by atoms with Crippen molar-refractivity contribution in [1.29, 1.82) is 0 Å². The van der Waals surface area contributed by atoms with Crippen LogP contribution in [0.1, 0.15) is 23.4 Å². The molecule has 1 unspecified atom stereocenters. The van der Waals surface area contributed by atoms with Crippen molar-refractivity contribution in [3.8, 4) is 5.75 Å². The molecule has 1 atom stereocenters. The number of anilines is 1.